The Labute approximate surface area is 151 Å². The molecule has 4 rings (SSSR count). The van der Waals surface area contributed by atoms with Crippen LogP contribution in [0.2, 0.25) is 0 Å². The minimum Gasteiger partial charge on any atom is -0.481 e. The van der Waals surface area contributed by atoms with Crippen molar-refractivity contribution < 1.29 is 29.4 Å². The number of rotatable bonds is 3. The molecule has 4 fully saturated rings. The molecule has 4 saturated carbocycles. The summed E-state index contributed by atoms with van der Waals surface area (Å²) in [6.45, 7) is 5.60. The highest BCUT2D eigenvalue weighted by molar-refractivity contribution is 5.90. The molecule has 0 aromatic carbocycles. The second kappa shape index (κ2) is 5.05. The van der Waals surface area contributed by atoms with Crippen molar-refractivity contribution >= 4 is 24.0 Å². The van der Waals surface area contributed by atoms with Crippen LogP contribution in [0.3, 0.4) is 0 Å². The average molecular weight is 360 g/mol. The second-order valence-corrected chi connectivity index (χ2v) is 9.15. The molecule has 7 atom stereocenters. The number of carbonyl (C=O) groups is 4. The Morgan fingerprint density at radius 3 is 2.54 bits per heavy atom. The standard InChI is InChI=1S/C20H24O6/c1-10-7-20-8-11(10)12(22)6-13(20)19(9-21)5-3-4-18(2,17(25)26)15(19)14(20)16(23)24/h9,11,13-15H,1,3-8H2,2H3,(H,23,24)(H,25,26)/t11-,13+,14-,15-,18-,19-,20+/m1/s1. The first-order valence-corrected chi connectivity index (χ1v) is 9.27. The molecule has 0 aliphatic heterocycles. The van der Waals surface area contributed by atoms with Gasteiger partial charge in [0.1, 0.15) is 12.1 Å². The minimum atomic E-state index is -1.28. The number of fused-ring (bicyclic) bond motifs is 3. The van der Waals surface area contributed by atoms with E-state index in [1.807, 2.05) is 0 Å². The summed E-state index contributed by atoms with van der Waals surface area (Å²) in [6, 6.07) is 0. The Morgan fingerprint density at radius 2 is 1.96 bits per heavy atom. The molecule has 0 saturated heterocycles. The van der Waals surface area contributed by atoms with Gasteiger partial charge in [-0.3, -0.25) is 14.4 Å². The summed E-state index contributed by atoms with van der Waals surface area (Å²) >= 11 is 0. The lowest BCUT2D eigenvalue weighted by molar-refractivity contribution is -0.167. The van der Waals surface area contributed by atoms with Crippen LogP contribution >= 0.6 is 0 Å². The minimum absolute atomic E-state index is 0.0294. The first-order chi connectivity index (χ1) is 12.1. The van der Waals surface area contributed by atoms with Gasteiger partial charge < -0.3 is 15.0 Å². The molecular formula is C20H24O6. The Kier molecular flexibility index (Phi) is 3.39. The molecule has 0 heterocycles. The van der Waals surface area contributed by atoms with Gasteiger partial charge in [-0.15, -0.1) is 0 Å². The molecule has 2 bridgehead atoms. The molecule has 140 valence electrons. The maximum absolute atomic E-state index is 12.7. The van der Waals surface area contributed by atoms with Gasteiger partial charge in [0, 0.05) is 23.7 Å². The summed E-state index contributed by atoms with van der Waals surface area (Å²) < 4.78 is 0. The molecule has 2 N–H and O–H groups in total. The highest BCUT2D eigenvalue weighted by atomic mass is 16.4. The van der Waals surface area contributed by atoms with Gasteiger partial charge in [-0.1, -0.05) is 18.6 Å². The number of Topliss-reactive ketones (excluding diaryl/α,β-unsaturated/α-hetero) is 1. The van der Waals surface area contributed by atoms with Crippen molar-refractivity contribution in [2.75, 3.05) is 0 Å². The van der Waals surface area contributed by atoms with Gasteiger partial charge in [-0.2, -0.15) is 0 Å². The van der Waals surface area contributed by atoms with E-state index in [2.05, 4.69) is 6.58 Å². The zero-order chi connectivity index (χ0) is 19.1. The van der Waals surface area contributed by atoms with E-state index in [9.17, 15) is 29.4 Å². The number of hydrogen-bond donors (Lipinski definition) is 2. The third-order valence-electron chi connectivity index (χ3n) is 8.27. The summed E-state index contributed by atoms with van der Waals surface area (Å²) in [5.74, 6) is -4.53. The normalized spacial score (nSPS) is 49.4. The van der Waals surface area contributed by atoms with Crippen LogP contribution in [-0.4, -0.2) is 34.2 Å². The smallest absolute Gasteiger partial charge is 0.309 e. The van der Waals surface area contributed by atoms with Gasteiger partial charge in [0.15, 0.2) is 0 Å². The fourth-order valence-corrected chi connectivity index (χ4v) is 7.38. The molecule has 0 unspecified atom stereocenters. The van der Waals surface area contributed by atoms with E-state index in [-0.39, 0.29) is 18.1 Å². The Bertz CT molecular complexity index is 755. The number of carboxylic acid groups (broad SMARTS) is 2. The molecule has 1 spiro atoms. The fraction of sp³-hybridized carbons (Fsp3) is 0.700. The summed E-state index contributed by atoms with van der Waals surface area (Å²) in [6.07, 6.45) is 3.15. The molecule has 4 aliphatic rings. The summed E-state index contributed by atoms with van der Waals surface area (Å²) in [5, 5.41) is 20.1. The SMILES string of the molecule is C=C1C[C@]23C[C@H]1C(=O)C[C@H]2[C@]1(C=O)CCC[C@@](C)(C(=O)O)[C@H]1[C@@H]3C(=O)O. The lowest BCUT2D eigenvalue weighted by Gasteiger charge is -2.48. The topological polar surface area (TPSA) is 109 Å². The van der Waals surface area contributed by atoms with Crippen LogP contribution in [0.15, 0.2) is 12.2 Å². The van der Waals surface area contributed by atoms with E-state index >= 15 is 0 Å². The van der Waals surface area contributed by atoms with Gasteiger partial charge >= 0.3 is 11.9 Å². The van der Waals surface area contributed by atoms with Crippen molar-refractivity contribution in [3.05, 3.63) is 12.2 Å². The van der Waals surface area contributed by atoms with Gasteiger partial charge in [0.2, 0.25) is 0 Å². The van der Waals surface area contributed by atoms with E-state index in [1.54, 1.807) is 6.92 Å². The second-order valence-electron chi connectivity index (χ2n) is 9.15. The van der Waals surface area contributed by atoms with Gasteiger partial charge in [-0.05, 0) is 43.9 Å². The molecule has 4 aliphatic carbocycles. The monoisotopic (exact) mass is 360 g/mol. The highest BCUT2D eigenvalue weighted by Gasteiger charge is 2.77. The number of allylic oxidation sites excluding steroid dienone is 1. The zero-order valence-electron chi connectivity index (χ0n) is 14.9. The maximum atomic E-state index is 12.7. The Balaban J connectivity index is 1.99. The molecule has 0 aromatic rings. The number of aliphatic carboxylic acids is 2. The van der Waals surface area contributed by atoms with Crippen LogP contribution in [0.1, 0.15) is 45.4 Å². The molecule has 6 heteroatoms. The van der Waals surface area contributed by atoms with Crippen LogP contribution in [-0.2, 0) is 19.2 Å². The van der Waals surface area contributed by atoms with E-state index in [1.165, 1.54) is 0 Å². The van der Waals surface area contributed by atoms with Crippen LogP contribution < -0.4 is 0 Å². The number of hydrogen-bond acceptors (Lipinski definition) is 4. The lowest BCUT2D eigenvalue weighted by Crippen LogP contribution is -2.52. The number of carboxylic acids is 2. The largest absolute Gasteiger partial charge is 0.481 e. The Hall–Kier alpha value is -1.98. The third-order valence-corrected chi connectivity index (χ3v) is 8.27. The zero-order valence-corrected chi connectivity index (χ0v) is 14.9. The molecule has 6 nitrogen and oxygen atoms in total. The predicted octanol–water partition coefficient (Wildman–Crippen LogP) is 2.32. The van der Waals surface area contributed by atoms with E-state index < -0.39 is 45.9 Å². The number of carbonyl (C=O) groups excluding carboxylic acids is 2. The van der Waals surface area contributed by atoms with Gasteiger partial charge in [-0.25, -0.2) is 0 Å². The van der Waals surface area contributed by atoms with E-state index in [0.29, 0.717) is 32.1 Å². The fourth-order valence-electron chi connectivity index (χ4n) is 7.38. The van der Waals surface area contributed by atoms with Crippen LogP contribution in [0, 0.1) is 39.9 Å². The highest BCUT2D eigenvalue weighted by Crippen LogP contribution is 2.76. The summed E-state index contributed by atoms with van der Waals surface area (Å²) in [7, 11) is 0. The Morgan fingerprint density at radius 1 is 1.27 bits per heavy atom. The molecule has 0 aromatic heterocycles. The lowest BCUT2D eigenvalue weighted by atomic mass is 9.53. The first kappa shape index (κ1) is 17.4. The van der Waals surface area contributed by atoms with Crippen molar-refractivity contribution in [2.24, 2.45) is 39.9 Å². The van der Waals surface area contributed by atoms with Crippen molar-refractivity contribution in [3.63, 3.8) is 0 Å². The quantitative estimate of drug-likeness (QED) is 0.590. The number of aldehydes is 1. The third kappa shape index (κ3) is 1.73. The van der Waals surface area contributed by atoms with Crippen molar-refractivity contribution in [3.8, 4) is 0 Å². The molecule has 0 radical (unpaired) electrons. The summed E-state index contributed by atoms with van der Waals surface area (Å²) in [4.78, 5) is 49.7. The molecular weight excluding hydrogens is 336 g/mol. The number of ketones is 1. The van der Waals surface area contributed by atoms with Crippen molar-refractivity contribution in [1.29, 1.82) is 0 Å². The average Bonchev–Trinajstić information content (AvgIpc) is 3.00. The molecule has 0 amide bonds. The van der Waals surface area contributed by atoms with Crippen LogP contribution in [0.25, 0.3) is 0 Å². The van der Waals surface area contributed by atoms with Gasteiger partial charge in [0.05, 0.1) is 11.3 Å². The van der Waals surface area contributed by atoms with Gasteiger partial charge in [0.25, 0.3) is 0 Å². The molecule has 26 heavy (non-hydrogen) atoms. The predicted molar refractivity (Wildman–Crippen MR) is 90.1 cm³/mol. The van der Waals surface area contributed by atoms with Crippen LogP contribution in [0.4, 0.5) is 0 Å². The summed E-state index contributed by atoms with van der Waals surface area (Å²) in [5.41, 5.74) is -2.31. The van der Waals surface area contributed by atoms with Crippen molar-refractivity contribution in [1.82, 2.24) is 0 Å². The first-order valence-electron chi connectivity index (χ1n) is 9.27. The van der Waals surface area contributed by atoms with Crippen LogP contribution in [0.5, 0.6) is 0 Å². The van der Waals surface area contributed by atoms with E-state index in [4.69, 9.17) is 0 Å². The maximum Gasteiger partial charge on any atom is 0.309 e. The van der Waals surface area contributed by atoms with E-state index in [0.717, 1.165) is 11.9 Å². The van der Waals surface area contributed by atoms with Crippen molar-refractivity contribution in [2.45, 2.75) is 45.4 Å².